The first-order valence-corrected chi connectivity index (χ1v) is 8.27. The Hall–Kier alpha value is -1.65. The number of aromatic nitrogens is 2. The number of nitrogens with zero attached hydrogens (tertiary/aromatic N) is 2. The third kappa shape index (κ3) is 4.18. The first-order valence-electron chi connectivity index (χ1n) is 8.27. The van der Waals surface area contributed by atoms with E-state index in [2.05, 4.69) is 57.7 Å². The molecule has 2 heterocycles. The minimum Gasteiger partial charge on any atom is -0.312 e. The quantitative estimate of drug-likeness (QED) is 0.862. The van der Waals surface area contributed by atoms with Gasteiger partial charge in [0, 0.05) is 30.9 Å². The Morgan fingerprint density at radius 3 is 2.95 bits per heavy atom. The van der Waals surface area contributed by atoms with Crippen molar-refractivity contribution >= 4 is 0 Å². The SMILES string of the molecule is Cc1[nH]ncc1CNCC1CCCN(Cc2ccccc2)C1. The van der Waals surface area contributed by atoms with Crippen LogP contribution in [0.4, 0.5) is 0 Å². The summed E-state index contributed by atoms with van der Waals surface area (Å²) in [5.74, 6) is 0.754. The molecule has 0 aliphatic carbocycles. The molecule has 1 aromatic carbocycles. The Bertz CT molecular complexity index is 563. The Labute approximate surface area is 132 Å². The van der Waals surface area contributed by atoms with E-state index in [1.165, 1.54) is 42.8 Å². The Morgan fingerprint density at radius 1 is 1.32 bits per heavy atom. The van der Waals surface area contributed by atoms with Crippen LogP contribution in [-0.2, 0) is 13.1 Å². The van der Waals surface area contributed by atoms with Crippen LogP contribution in [0.15, 0.2) is 36.5 Å². The molecule has 1 atom stereocenters. The molecule has 3 rings (SSSR count). The third-order valence-electron chi connectivity index (χ3n) is 4.53. The fourth-order valence-corrected chi connectivity index (χ4v) is 3.27. The lowest BCUT2D eigenvalue weighted by molar-refractivity contribution is 0.165. The van der Waals surface area contributed by atoms with Gasteiger partial charge in [-0.25, -0.2) is 0 Å². The van der Waals surface area contributed by atoms with Gasteiger partial charge in [-0.15, -0.1) is 0 Å². The lowest BCUT2D eigenvalue weighted by Crippen LogP contribution is -2.39. The standard InChI is InChI=1S/C18H26N4/c1-15-18(12-20-21-15)11-19-10-17-8-5-9-22(14-17)13-16-6-3-2-4-7-16/h2-4,6-7,12,17,19H,5,8-11,13-14H2,1H3,(H,20,21). The summed E-state index contributed by atoms with van der Waals surface area (Å²) in [7, 11) is 0. The fraction of sp³-hybridized carbons (Fsp3) is 0.500. The second kappa shape index (κ2) is 7.56. The maximum Gasteiger partial charge on any atom is 0.0535 e. The Morgan fingerprint density at radius 2 is 2.18 bits per heavy atom. The van der Waals surface area contributed by atoms with Crippen molar-refractivity contribution in [2.45, 2.75) is 32.9 Å². The molecule has 1 aliphatic rings. The highest BCUT2D eigenvalue weighted by atomic mass is 15.1. The van der Waals surface area contributed by atoms with Crippen LogP contribution in [0.3, 0.4) is 0 Å². The van der Waals surface area contributed by atoms with E-state index in [0.717, 1.165) is 25.6 Å². The lowest BCUT2D eigenvalue weighted by Gasteiger charge is -2.33. The van der Waals surface area contributed by atoms with Crippen molar-refractivity contribution < 1.29 is 0 Å². The number of rotatable bonds is 6. The average Bonchev–Trinajstić information content (AvgIpc) is 2.94. The molecule has 0 radical (unpaired) electrons. The number of H-pyrrole nitrogens is 1. The smallest absolute Gasteiger partial charge is 0.0535 e. The van der Waals surface area contributed by atoms with E-state index in [9.17, 15) is 0 Å². The highest BCUT2D eigenvalue weighted by Gasteiger charge is 2.19. The molecule has 0 saturated carbocycles. The van der Waals surface area contributed by atoms with Crippen LogP contribution < -0.4 is 5.32 Å². The van der Waals surface area contributed by atoms with E-state index in [1.807, 2.05) is 6.20 Å². The van der Waals surface area contributed by atoms with Gasteiger partial charge in [0.25, 0.3) is 0 Å². The van der Waals surface area contributed by atoms with Gasteiger partial charge in [-0.1, -0.05) is 30.3 Å². The van der Waals surface area contributed by atoms with Crippen LogP contribution in [-0.4, -0.2) is 34.7 Å². The first-order chi connectivity index (χ1) is 10.8. The summed E-state index contributed by atoms with van der Waals surface area (Å²) in [5, 5.41) is 10.7. The summed E-state index contributed by atoms with van der Waals surface area (Å²) in [6.07, 6.45) is 4.57. The van der Waals surface area contributed by atoms with Gasteiger partial charge < -0.3 is 5.32 Å². The molecule has 1 fully saturated rings. The van der Waals surface area contributed by atoms with Crippen molar-refractivity contribution in [3.63, 3.8) is 0 Å². The summed E-state index contributed by atoms with van der Waals surface area (Å²) in [6, 6.07) is 10.8. The summed E-state index contributed by atoms with van der Waals surface area (Å²) < 4.78 is 0. The molecule has 4 nitrogen and oxygen atoms in total. The van der Waals surface area contributed by atoms with Crippen molar-refractivity contribution in [2.75, 3.05) is 19.6 Å². The van der Waals surface area contributed by atoms with Gasteiger partial charge in [0.15, 0.2) is 0 Å². The normalized spacial score (nSPS) is 19.4. The van der Waals surface area contributed by atoms with Crippen LogP contribution in [0, 0.1) is 12.8 Å². The molecule has 1 aliphatic heterocycles. The maximum absolute atomic E-state index is 4.07. The number of aromatic amines is 1. The second-order valence-corrected chi connectivity index (χ2v) is 6.38. The van der Waals surface area contributed by atoms with Crippen molar-refractivity contribution in [1.82, 2.24) is 20.4 Å². The van der Waals surface area contributed by atoms with Crippen molar-refractivity contribution in [3.05, 3.63) is 53.3 Å². The summed E-state index contributed by atoms with van der Waals surface area (Å²) in [6.45, 7) is 7.59. The van der Waals surface area contributed by atoms with E-state index in [1.54, 1.807) is 0 Å². The zero-order valence-corrected chi connectivity index (χ0v) is 13.4. The van der Waals surface area contributed by atoms with E-state index in [-0.39, 0.29) is 0 Å². The van der Waals surface area contributed by atoms with E-state index in [0.29, 0.717) is 0 Å². The molecule has 2 aromatic rings. The van der Waals surface area contributed by atoms with E-state index in [4.69, 9.17) is 0 Å². The minimum absolute atomic E-state index is 0.754. The zero-order valence-electron chi connectivity index (χ0n) is 13.4. The summed E-state index contributed by atoms with van der Waals surface area (Å²) in [4.78, 5) is 2.59. The molecule has 2 N–H and O–H groups in total. The first kappa shape index (κ1) is 15.3. The predicted octanol–water partition coefficient (Wildman–Crippen LogP) is 2.72. The van der Waals surface area contributed by atoms with Gasteiger partial charge in [0.1, 0.15) is 0 Å². The van der Waals surface area contributed by atoms with Crippen molar-refractivity contribution in [3.8, 4) is 0 Å². The Balaban J connectivity index is 1.43. The maximum atomic E-state index is 4.07. The van der Waals surface area contributed by atoms with E-state index < -0.39 is 0 Å². The minimum atomic E-state index is 0.754. The summed E-state index contributed by atoms with van der Waals surface area (Å²) >= 11 is 0. The van der Waals surface area contributed by atoms with Gasteiger partial charge in [0.2, 0.25) is 0 Å². The number of nitrogens with one attached hydrogen (secondary N) is 2. The number of hydrogen-bond acceptors (Lipinski definition) is 3. The van der Waals surface area contributed by atoms with Crippen molar-refractivity contribution in [2.24, 2.45) is 5.92 Å². The van der Waals surface area contributed by atoms with Crippen LogP contribution in [0.25, 0.3) is 0 Å². The topological polar surface area (TPSA) is 44.0 Å². The van der Waals surface area contributed by atoms with Gasteiger partial charge in [0.05, 0.1) is 6.20 Å². The molecule has 4 heteroatoms. The zero-order chi connectivity index (χ0) is 15.2. The Kier molecular flexibility index (Phi) is 5.24. The monoisotopic (exact) mass is 298 g/mol. The summed E-state index contributed by atoms with van der Waals surface area (Å²) in [5.41, 5.74) is 3.86. The average molecular weight is 298 g/mol. The second-order valence-electron chi connectivity index (χ2n) is 6.38. The van der Waals surface area contributed by atoms with Gasteiger partial charge in [-0.05, 0) is 44.3 Å². The fourth-order valence-electron chi connectivity index (χ4n) is 3.27. The molecular weight excluding hydrogens is 272 g/mol. The third-order valence-corrected chi connectivity index (χ3v) is 4.53. The van der Waals surface area contributed by atoms with Crippen LogP contribution in [0.5, 0.6) is 0 Å². The molecule has 0 amide bonds. The lowest BCUT2D eigenvalue weighted by atomic mass is 9.97. The highest BCUT2D eigenvalue weighted by molar-refractivity contribution is 5.15. The number of piperidine rings is 1. The molecule has 1 aromatic heterocycles. The number of hydrogen-bond donors (Lipinski definition) is 2. The molecule has 1 unspecified atom stereocenters. The largest absolute Gasteiger partial charge is 0.312 e. The number of aryl methyl sites for hydroxylation is 1. The van der Waals surface area contributed by atoms with Crippen LogP contribution in [0.1, 0.15) is 29.7 Å². The number of likely N-dealkylation sites (tertiary alicyclic amines) is 1. The van der Waals surface area contributed by atoms with Crippen LogP contribution >= 0.6 is 0 Å². The molecule has 0 bridgehead atoms. The predicted molar refractivity (Wildman–Crippen MR) is 89.5 cm³/mol. The molecular formula is C18H26N4. The van der Waals surface area contributed by atoms with Gasteiger partial charge in [-0.2, -0.15) is 5.10 Å². The van der Waals surface area contributed by atoms with Gasteiger partial charge in [-0.3, -0.25) is 10.00 Å². The van der Waals surface area contributed by atoms with Crippen molar-refractivity contribution in [1.29, 1.82) is 0 Å². The van der Waals surface area contributed by atoms with Crippen LogP contribution in [0.2, 0.25) is 0 Å². The number of benzene rings is 1. The van der Waals surface area contributed by atoms with Gasteiger partial charge >= 0.3 is 0 Å². The molecule has 22 heavy (non-hydrogen) atoms. The molecule has 0 spiro atoms. The highest BCUT2D eigenvalue weighted by Crippen LogP contribution is 2.18. The molecule has 118 valence electrons. The van der Waals surface area contributed by atoms with E-state index >= 15 is 0 Å². The molecule has 1 saturated heterocycles.